The number of anilines is 1. The third-order valence-corrected chi connectivity index (χ3v) is 4.59. The van der Waals surface area contributed by atoms with Gasteiger partial charge in [0.1, 0.15) is 0 Å². The first-order chi connectivity index (χ1) is 10.1. The molecule has 2 heterocycles. The largest absolute Gasteiger partial charge is 0.379 e. The molecule has 2 fully saturated rings. The Morgan fingerprint density at radius 3 is 2.57 bits per heavy atom. The van der Waals surface area contributed by atoms with Crippen molar-refractivity contribution in [1.82, 2.24) is 4.90 Å². The highest BCUT2D eigenvalue weighted by Gasteiger charge is 2.43. The molecule has 0 spiro atoms. The highest BCUT2D eigenvalue weighted by Crippen LogP contribution is 2.35. The molecule has 0 aliphatic carbocycles. The Morgan fingerprint density at radius 1 is 1.14 bits per heavy atom. The fraction of sp³-hybridized carbons (Fsp3) is 0.429. The average Bonchev–Trinajstić information content (AvgIpc) is 2.78. The van der Waals surface area contributed by atoms with Crippen LogP contribution in [0.1, 0.15) is 6.42 Å². The Morgan fingerprint density at radius 2 is 1.86 bits per heavy atom. The van der Waals surface area contributed by atoms with Gasteiger partial charge in [0, 0.05) is 13.1 Å². The van der Waals surface area contributed by atoms with E-state index in [4.69, 9.17) is 27.9 Å². The topological polar surface area (TPSA) is 49.9 Å². The molecule has 7 heteroatoms. The summed E-state index contributed by atoms with van der Waals surface area (Å²) in [7, 11) is 0. The number of benzene rings is 1. The van der Waals surface area contributed by atoms with E-state index < -0.39 is 6.04 Å². The van der Waals surface area contributed by atoms with E-state index in [9.17, 15) is 9.59 Å². The quantitative estimate of drug-likeness (QED) is 0.779. The molecular weight excluding hydrogens is 315 g/mol. The van der Waals surface area contributed by atoms with Gasteiger partial charge in [0.15, 0.2) is 0 Å². The maximum Gasteiger partial charge on any atom is 0.251 e. The van der Waals surface area contributed by atoms with E-state index in [0.717, 1.165) is 4.90 Å². The molecule has 2 amide bonds. The molecule has 2 aliphatic heterocycles. The zero-order valence-electron chi connectivity index (χ0n) is 11.2. The zero-order chi connectivity index (χ0) is 15.0. The highest BCUT2D eigenvalue weighted by atomic mass is 35.5. The number of amides is 2. The SMILES string of the molecule is O=C1CC(N2CCOCC2)C(=O)N1c1cccc(Cl)c1Cl. The molecule has 3 rings (SSSR count). The van der Waals surface area contributed by atoms with Gasteiger partial charge in [-0.1, -0.05) is 29.3 Å². The number of rotatable bonds is 2. The van der Waals surface area contributed by atoms with Crippen LogP contribution in [0.2, 0.25) is 10.0 Å². The van der Waals surface area contributed by atoms with Gasteiger partial charge in [-0.3, -0.25) is 14.5 Å². The fourth-order valence-electron chi connectivity index (χ4n) is 2.71. The fourth-order valence-corrected chi connectivity index (χ4v) is 3.09. The Kier molecular flexibility index (Phi) is 4.17. The van der Waals surface area contributed by atoms with Crippen LogP contribution in [-0.4, -0.2) is 49.1 Å². The lowest BCUT2D eigenvalue weighted by molar-refractivity contribution is -0.123. The van der Waals surface area contributed by atoms with Gasteiger partial charge < -0.3 is 4.74 Å². The normalized spacial score (nSPS) is 23.9. The van der Waals surface area contributed by atoms with E-state index >= 15 is 0 Å². The van der Waals surface area contributed by atoms with Crippen molar-refractivity contribution < 1.29 is 14.3 Å². The van der Waals surface area contributed by atoms with Crippen LogP contribution >= 0.6 is 23.2 Å². The second kappa shape index (κ2) is 5.93. The predicted octanol–water partition coefficient (Wildman–Crippen LogP) is 1.96. The number of carbonyl (C=O) groups excluding carboxylic acids is 2. The molecule has 1 aromatic rings. The average molecular weight is 329 g/mol. The highest BCUT2D eigenvalue weighted by molar-refractivity contribution is 6.44. The van der Waals surface area contributed by atoms with Crippen LogP contribution in [0.3, 0.4) is 0 Å². The van der Waals surface area contributed by atoms with Gasteiger partial charge in [0.2, 0.25) is 5.91 Å². The molecule has 1 unspecified atom stereocenters. The van der Waals surface area contributed by atoms with E-state index in [1.807, 2.05) is 4.90 Å². The van der Waals surface area contributed by atoms with Crippen molar-refractivity contribution >= 4 is 40.7 Å². The van der Waals surface area contributed by atoms with Crippen molar-refractivity contribution in [1.29, 1.82) is 0 Å². The Hall–Kier alpha value is -1.14. The summed E-state index contributed by atoms with van der Waals surface area (Å²) in [4.78, 5) is 28.0. The molecule has 1 atom stereocenters. The summed E-state index contributed by atoms with van der Waals surface area (Å²) < 4.78 is 5.28. The van der Waals surface area contributed by atoms with E-state index in [2.05, 4.69) is 0 Å². The summed E-state index contributed by atoms with van der Waals surface area (Å²) in [5.74, 6) is -0.494. The van der Waals surface area contributed by atoms with Gasteiger partial charge in [0.25, 0.3) is 5.91 Å². The Labute approximate surface area is 132 Å². The minimum absolute atomic E-state index is 0.168. The lowest BCUT2D eigenvalue weighted by Crippen LogP contribution is -2.47. The van der Waals surface area contributed by atoms with Gasteiger partial charge in [-0.2, -0.15) is 0 Å². The van der Waals surface area contributed by atoms with Crippen LogP contribution in [-0.2, 0) is 14.3 Å². The number of halogens is 2. The van der Waals surface area contributed by atoms with Crippen LogP contribution < -0.4 is 4.90 Å². The van der Waals surface area contributed by atoms with Crippen molar-refractivity contribution in [2.75, 3.05) is 31.2 Å². The summed E-state index contributed by atoms with van der Waals surface area (Å²) in [6, 6.07) is 4.49. The van der Waals surface area contributed by atoms with Crippen molar-refractivity contribution in [3.63, 3.8) is 0 Å². The van der Waals surface area contributed by atoms with Crippen molar-refractivity contribution in [3.05, 3.63) is 28.2 Å². The number of imide groups is 1. The maximum atomic E-state index is 12.6. The van der Waals surface area contributed by atoms with E-state index in [-0.39, 0.29) is 23.3 Å². The summed E-state index contributed by atoms with van der Waals surface area (Å²) in [5, 5.41) is 0.549. The lowest BCUT2D eigenvalue weighted by atomic mass is 10.2. The van der Waals surface area contributed by atoms with Crippen LogP contribution in [0.25, 0.3) is 0 Å². The van der Waals surface area contributed by atoms with Crippen molar-refractivity contribution in [2.45, 2.75) is 12.5 Å². The first-order valence-electron chi connectivity index (χ1n) is 6.72. The smallest absolute Gasteiger partial charge is 0.251 e. The molecule has 0 bridgehead atoms. The first kappa shape index (κ1) is 14.8. The molecule has 0 radical (unpaired) electrons. The molecule has 0 saturated carbocycles. The molecule has 1 aromatic carbocycles. The number of ether oxygens (including phenoxy) is 1. The summed E-state index contributed by atoms with van der Waals surface area (Å²) in [6.45, 7) is 2.47. The van der Waals surface area contributed by atoms with Gasteiger partial charge in [-0.15, -0.1) is 0 Å². The molecule has 21 heavy (non-hydrogen) atoms. The second-order valence-electron chi connectivity index (χ2n) is 5.01. The number of carbonyl (C=O) groups is 2. The predicted molar refractivity (Wildman–Crippen MR) is 79.8 cm³/mol. The summed E-state index contributed by atoms with van der Waals surface area (Å²) in [6.07, 6.45) is 0.168. The van der Waals surface area contributed by atoms with Crippen LogP contribution in [0.15, 0.2) is 18.2 Å². The summed E-state index contributed by atoms with van der Waals surface area (Å²) >= 11 is 12.1. The molecule has 5 nitrogen and oxygen atoms in total. The Bertz CT molecular complexity index is 588. The molecule has 112 valence electrons. The lowest BCUT2D eigenvalue weighted by Gasteiger charge is -2.30. The van der Waals surface area contributed by atoms with Gasteiger partial charge in [-0.25, -0.2) is 4.90 Å². The minimum Gasteiger partial charge on any atom is -0.379 e. The van der Waals surface area contributed by atoms with E-state index in [1.54, 1.807) is 18.2 Å². The molecule has 2 saturated heterocycles. The van der Waals surface area contributed by atoms with Crippen LogP contribution in [0, 0.1) is 0 Å². The zero-order valence-corrected chi connectivity index (χ0v) is 12.7. The number of hydrogen-bond donors (Lipinski definition) is 0. The Balaban J connectivity index is 1.88. The standard InChI is InChI=1S/C14H14Cl2N2O3/c15-9-2-1-3-10(13(9)16)18-12(19)8-11(14(18)20)17-4-6-21-7-5-17/h1-3,11H,4-8H2. The van der Waals surface area contributed by atoms with Gasteiger partial charge >= 0.3 is 0 Å². The monoisotopic (exact) mass is 328 g/mol. The van der Waals surface area contributed by atoms with Gasteiger partial charge in [-0.05, 0) is 12.1 Å². The van der Waals surface area contributed by atoms with Crippen molar-refractivity contribution in [3.8, 4) is 0 Å². The third-order valence-electron chi connectivity index (χ3n) is 3.78. The molecular formula is C14H14Cl2N2O3. The molecule has 2 aliphatic rings. The minimum atomic E-state index is -0.434. The number of morpholine rings is 1. The van der Waals surface area contributed by atoms with Crippen LogP contribution in [0.5, 0.6) is 0 Å². The number of nitrogens with zero attached hydrogens (tertiary/aromatic N) is 2. The van der Waals surface area contributed by atoms with E-state index in [0.29, 0.717) is 37.0 Å². The maximum absolute atomic E-state index is 12.6. The second-order valence-corrected chi connectivity index (χ2v) is 5.79. The van der Waals surface area contributed by atoms with Crippen LogP contribution in [0.4, 0.5) is 5.69 Å². The summed E-state index contributed by atoms with van der Waals surface area (Å²) in [5.41, 5.74) is 0.356. The third kappa shape index (κ3) is 2.66. The molecule has 0 N–H and O–H groups in total. The molecule has 0 aromatic heterocycles. The van der Waals surface area contributed by atoms with Crippen molar-refractivity contribution in [2.24, 2.45) is 0 Å². The van der Waals surface area contributed by atoms with E-state index in [1.165, 1.54) is 0 Å². The number of hydrogen-bond acceptors (Lipinski definition) is 4. The van der Waals surface area contributed by atoms with Gasteiger partial charge in [0.05, 0.1) is 41.4 Å². The first-order valence-corrected chi connectivity index (χ1v) is 7.48.